The van der Waals surface area contributed by atoms with Crippen molar-refractivity contribution in [1.29, 1.82) is 0 Å². The van der Waals surface area contributed by atoms with E-state index >= 15 is 0 Å². The molecule has 1 aromatic heterocycles. The number of amides is 1. The van der Waals surface area contributed by atoms with Crippen molar-refractivity contribution in [1.82, 2.24) is 5.32 Å². The van der Waals surface area contributed by atoms with Crippen molar-refractivity contribution in [2.45, 2.75) is 25.3 Å². The number of carbonyl (C=O) groups is 1. The lowest BCUT2D eigenvalue weighted by molar-refractivity contribution is -0.118. The zero-order chi connectivity index (χ0) is 13.2. The average molecular weight is 258 g/mol. The normalized spacial score (nSPS) is 18.9. The smallest absolute Gasteiger partial charge is 0.228 e. The lowest BCUT2D eigenvalue weighted by Gasteiger charge is -2.18. The van der Waals surface area contributed by atoms with Crippen LogP contribution in [0.15, 0.2) is 34.9 Å². The van der Waals surface area contributed by atoms with Crippen molar-refractivity contribution in [2.75, 3.05) is 18.5 Å². The van der Waals surface area contributed by atoms with E-state index in [1.54, 1.807) is 11.2 Å². The Balaban J connectivity index is 1.78. The predicted molar refractivity (Wildman–Crippen MR) is 75.3 cm³/mol. The number of rotatable bonds is 3. The highest BCUT2D eigenvalue weighted by molar-refractivity contribution is 6.02. The summed E-state index contributed by atoms with van der Waals surface area (Å²) in [4.78, 5) is 14.0. The molecule has 4 heteroatoms. The number of anilines is 1. The average Bonchev–Trinajstić information content (AvgIpc) is 3.06. The second kappa shape index (κ2) is 5.05. The molecule has 19 heavy (non-hydrogen) atoms. The SMILES string of the molecule is CN(C(=O)CC1CCCN1)c1coc2ccccc12. The summed E-state index contributed by atoms with van der Waals surface area (Å²) in [6, 6.07) is 8.10. The topological polar surface area (TPSA) is 45.5 Å². The molecule has 1 aliphatic rings. The molecule has 0 radical (unpaired) electrons. The molecule has 3 rings (SSSR count). The van der Waals surface area contributed by atoms with Crippen LogP contribution in [0.3, 0.4) is 0 Å². The van der Waals surface area contributed by atoms with Gasteiger partial charge in [0.1, 0.15) is 11.8 Å². The van der Waals surface area contributed by atoms with E-state index in [2.05, 4.69) is 5.32 Å². The van der Waals surface area contributed by atoms with Crippen LogP contribution in [0.1, 0.15) is 19.3 Å². The van der Waals surface area contributed by atoms with Gasteiger partial charge in [0.15, 0.2) is 0 Å². The Labute approximate surface area is 112 Å². The predicted octanol–water partition coefficient (Wildman–Crippen LogP) is 2.54. The number of fused-ring (bicyclic) bond motifs is 1. The van der Waals surface area contributed by atoms with Crippen molar-refractivity contribution < 1.29 is 9.21 Å². The summed E-state index contributed by atoms with van der Waals surface area (Å²) in [7, 11) is 1.81. The van der Waals surface area contributed by atoms with Gasteiger partial charge >= 0.3 is 0 Å². The third-order valence-corrected chi connectivity index (χ3v) is 3.78. The van der Waals surface area contributed by atoms with E-state index in [4.69, 9.17) is 4.42 Å². The van der Waals surface area contributed by atoms with Crippen LogP contribution < -0.4 is 10.2 Å². The van der Waals surface area contributed by atoms with Crippen LogP contribution in [0, 0.1) is 0 Å². The lowest BCUT2D eigenvalue weighted by Crippen LogP contribution is -2.33. The first-order valence-electron chi connectivity index (χ1n) is 6.72. The Morgan fingerprint density at radius 2 is 2.32 bits per heavy atom. The highest BCUT2D eigenvalue weighted by Gasteiger charge is 2.22. The van der Waals surface area contributed by atoms with Crippen LogP contribution in [-0.2, 0) is 4.79 Å². The molecule has 0 aliphatic carbocycles. The molecule has 0 saturated carbocycles. The maximum atomic E-state index is 12.3. The van der Waals surface area contributed by atoms with E-state index in [1.807, 2.05) is 31.3 Å². The highest BCUT2D eigenvalue weighted by atomic mass is 16.3. The van der Waals surface area contributed by atoms with Gasteiger partial charge in [-0.1, -0.05) is 12.1 Å². The summed E-state index contributed by atoms with van der Waals surface area (Å²) in [5.41, 5.74) is 1.66. The molecule has 1 aromatic carbocycles. The Hall–Kier alpha value is -1.81. The van der Waals surface area contributed by atoms with Crippen LogP contribution in [0.25, 0.3) is 11.0 Å². The molecule has 4 nitrogen and oxygen atoms in total. The molecule has 2 heterocycles. The van der Waals surface area contributed by atoms with Crippen LogP contribution in [0.5, 0.6) is 0 Å². The van der Waals surface area contributed by atoms with Gasteiger partial charge in [-0.2, -0.15) is 0 Å². The first-order valence-corrected chi connectivity index (χ1v) is 6.72. The van der Waals surface area contributed by atoms with Gasteiger partial charge in [-0.3, -0.25) is 4.79 Å². The molecule has 1 aliphatic heterocycles. The minimum absolute atomic E-state index is 0.131. The molecule has 2 aromatic rings. The lowest BCUT2D eigenvalue weighted by atomic mass is 10.1. The monoisotopic (exact) mass is 258 g/mol. The number of nitrogens with one attached hydrogen (secondary N) is 1. The highest BCUT2D eigenvalue weighted by Crippen LogP contribution is 2.28. The summed E-state index contributed by atoms with van der Waals surface area (Å²) in [6.07, 6.45) is 4.46. The number of nitrogens with zero attached hydrogens (tertiary/aromatic N) is 1. The molecule has 1 saturated heterocycles. The minimum Gasteiger partial charge on any atom is -0.462 e. The number of hydrogen-bond acceptors (Lipinski definition) is 3. The minimum atomic E-state index is 0.131. The summed E-state index contributed by atoms with van der Waals surface area (Å²) in [5, 5.41) is 4.34. The van der Waals surface area contributed by atoms with Gasteiger partial charge in [0.2, 0.25) is 5.91 Å². The Morgan fingerprint density at radius 1 is 1.47 bits per heavy atom. The number of carbonyl (C=O) groups excluding carboxylic acids is 1. The Bertz CT molecular complexity index is 585. The third kappa shape index (κ3) is 2.36. The molecular formula is C15H18N2O2. The van der Waals surface area contributed by atoms with E-state index in [9.17, 15) is 4.79 Å². The second-order valence-corrected chi connectivity index (χ2v) is 5.07. The van der Waals surface area contributed by atoms with Crippen LogP contribution in [0.2, 0.25) is 0 Å². The van der Waals surface area contributed by atoms with E-state index in [-0.39, 0.29) is 5.91 Å². The first kappa shape index (κ1) is 12.2. The number of benzene rings is 1. The van der Waals surface area contributed by atoms with Crippen molar-refractivity contribution in [3.63, 3.8) is 0 Å². The van der Waals surface area contributed by atoms with Gasteiger partial charge < -0.3 is 14.6 Å². The zero-order valence-corrected chi connectivity index (χ0v) is 11.1. The summed E-state index contributed by atoms with van der Waals surface area (Å²) >= 11 is 0. The van der Waals surface area contributed by atoms with Crippen molar-refractivity contribution >= 4 is 22.6 Å². The molecule has 1 N–H and O–H groups in total. The largest absolute Gasteiger partial charge is 0.462 e. The number of para-hydroxylation sites is 1. The van der Waals surface area contributed by atoms with Crippen molar-refractivity contribution in [3.05, 3.63) is 30.5 Å². The molecular weight excluding hydrogens is 240 g/mol. The van der Waals surface area contributed by atoms with Gasteiger partial charge in [-0.15, -0.1) is 0 Å². The van der Waals surface area contributed by atoms with E-state index in [0.29, 0.717) is 12.5 Å². The van der Waals surface area contributed by atoms with E-state index in [1.165, 1.54) is 0 Å². The maximum absolute atomic E-state index is 12.3. The fourth-order valence-corrected chi connectivity index (χ4v) is 2.64. The standard InChI is InChI=1S/C15H18N2O2/c1-17(15(18)9-11-5-4-8-16-11)13-10-19-14-7-3-2-6-12(13)14/h2-3,6-7,10-11,16H,4-5,8-9H2,1H3. The zero-order valence-electron chi connectivity index (χ0n) is 11.1. The van der Waals surface area contributed by atoms with Gasteiger partial charge in [0, 0.05) is 24.9 Å². The molecule has 1 fully saturated rings. The summed E-state index contributed by atoms with van der Waals surface area (Å²) in [6.45, 7) is 1.02. The van der Waals surface area contributed by atoms with Crippen LogP contribution >= 0.6 is 0 Å². The van der Waals surface area contributed by atoms with Gasteiger partial charge in [-0.25, -0.2) is 0 Å². The van der Waals surface area contributed by atoms with Crippen LogP contribution in [-0.4, -0.2) is 25.5 Å². The summed E-state index contributed by atoms with van der Waals surface area (Å²) in [5.74, 6) is 0.131. The van der Waals surface area contributed by atoms with Gasteiger partial charge in [0.05, 0.1) is 5.69 Å². The molecule has 0 bridgehead atoms. The Morgan fingerprint density at radius 3 is 3.11 bits per heavy atom. The third-order valence-electron chi connectivity index (χ3n) is 3.78. The van der Waals surface area contributed by atoms with Gasteiger partial charge in [-0.05, 0) is 31.5 Å². The molecule has 100 valence electrons. The molecule has 0 spiro atoms. The number of hydrogen-bond donors (Lipinski definition) is 1. The van der Waals surface area contributed by atoms with Crippen LogP contribution in [0.4, 0.5) is 5.69 Å². The Kier molecular flexibility index (Phi) is 3.25. The fraction of sp³-hybridized carbons (Fsp3) is 0.400. The fourth-order valence-electron chi connectivity index (χ4n) is 2.64. The van der Waals surface area contributed by atoms with Gasteiger partial charge in [0.25, 0.3) is 0 Å². The van der Waals surface area contributed by atoms with E-state index < -0.39 is 0 Å². The molecule has 1 unspecified atom stereocenters. The maximum Gasteiger partial charge on any atom is 0.228 e. The van der Waals surface area contributed by atoms with Crippen molar-refractivity contribution in [2.24, 2.45) is 0 Å². The molecule has 1 atom stereocenters. The summed E-state index contributed by atoms with van der Waals surface area (Å²) < 4.78 is 5.48. The second-order valence-electron chi connectivity index (χ2n) is 5.07. The quantitative estimate of drug-likeness (QED) is 0.920. The first-order chi connectivity index (χ1) is 9.25. The number of furan rings is 1. The molecule has 1 amide bonds. The van der Waals surface area contributed by atoms with E-state index in [0.717, 1.165) is 36.0 Å². The van der Waals surface area contributed by atoms with Crippen molar-refractivity contribution in [3.8, 4) is 0 Å².